The largest absolute Gasteiger partial charge is 0.508 e. The van der Waals surface area contributed by atoms with Crippen molar-refractivity contribution in [1.29, 1.82) is 0 Å². The van der Waals surface area contributed by atoms with Gasteiger partial charge in [0.2, 0.25) is 35.4 Å². The number of hydrogen-bond donors (Lipinski definition) is 10. The van der Waals surface area contributed by atoms with Crippen LogP contribution in [0, 0.1) is 0 Å². The highest BCUT2D eigenvalue weighted by Crippen LogP contribution is 2.23. The number of fused-ring (bicyclic) bond motifs is 1. The minimum Gasteiger partial charge on any atom is -0.508 e. The number of carbonyl (C=O) groups is 6. The van der Waals surface area contributed by atoms with E-state index in [1.54, 1.807) is 18.3 Å². The van der Waals surface area contributed by atoms with Gasteiger partial charge in [0.1, 0.15) is 36.0 Å². The van der Waals surface area contributed by atoms with Crippen LogP contribution in [-0.4, -0.2) is 105 Å². The Labute approximate surface area is 326 Å². The van der Waals surface area contributed by atoms with Crippen LogP contribution >= 0.6 is 21.6 Å². The zero-order valence-corrected chi connectivity index (χ0v) is 32.2. The molecule has 4 rings (SSSR count). The van der Waals surface area contributed by atoms with Crippen molar-refractivity contribution >= 4 is 67.9 Å². The zero-order valence-electron chi connectivity index (χ0n) is 30.5. The van der Waals surface area contributed by atoms with Crippen molar-refractivity contribution in [3.8, 4) is 5.75 Å². The molecule has 16 nitrogen and oxygen atoms in total. The number of para-hydroxylation sites is 1. The molecule has 0 spiro atoms. The average molecular weight is 799 g/mol. The second-order valence-corrected chi connectivity index (χ2v) is 16.0. The van der Waals surface area contributed by atoms with Gasteiger partial charge in [-0.25, -0.2) is 0 Å². The highest BCUT2D eigenvalue weighted by atomic mass is 33.1. The van der Waals surface area contributed by atoms with Crippen molar-refractivity contribution in [3.05, 3.63) is 65.9 Å². The van der Waals surface area contributed by atoms with Gasteiger partial charge in [0.25, 0.3) is 0 Å². The molecule has 0 bridgehead atoms. The van der Waals surface area contributed by atoms with E-state index in [2.05, 4.69) is 31.6 Å². The van der Waals surface area contributed by atoms with Gasteiger partial charge in [-0.2, -0.15) is 0 Å². The normalized spacial score (nSPS) is 23.1. The van der Waals surface area contributed by atoms with Crippen LogP contribution in [-0.2, 0) is 41.6 Å². The zero-order chi connectivity index (χ0) is 39.9. The van der Waals surface area contributed by atoms with Gasteiger partial charge in [0.15, 0.2) is 0 Å². The van der Waals surface area contributed by atoms with Gasteiger partial charge in [0, 0.05) is 47.9 Å². The number of aliphatic hydroxyl groups excluding tert-OH is 1. The summed E-state index contributed by atoms with van der Waals surface area (Å²) in [7, 11) is 2.43. The van der Waals surface area contributed by atoms with Gasteiger partial charge in [-0.3, -0.25) is 28.8 Å². The molecule has 1 saturated heterocycles. The van der Waals surface area contributed by atoms with Crippen LogP contribution in [0.4, 0.5) is 0 Å². The fourth-order valence-corrected chi connectivity index (χ4v) is 8.15. The Morgan fingerprint density at radius 1 is 0.818 bits per heavy atom. The number of nitrogens with one attached hydrogen (secondary N) is 6. The lowest BCUT2D eigenvalue weighted by molar-refractivity contribution is -0.136. The fraction of sp³-hybridized carbons (Fsp3) is 0.459. The number of unbranched alkanes of at least 4 members (excludes halogenated alkanes) is 2. The lowest BCUT2D eigenvalue weighted by atomic mass is 10.0. The maximum Gasteiger partial charge on any atom is 0.245 e. The summed E-state index contributed by atoms with van der Waals surface area (Å²) in [6.45, 7) is 1.72. The van der Waals surface area contributed by atoms with E-state index in [-0.39, 0.29) is 42.9 Å². The smallest absolute Gasteiger partial charge is 0.245 e. The van der Waals surface area contributed by atoms with E-state index >= 15 is 0 Å². The predicted molar refractivity (Wildman–Crippen MR) is 211 cm³/mol. The molecule has 0 saturated carbocycles. The molecular weight excluding hydrogens is 749 g/mol. The van der Waals surface area contributed by atoms with E-state index in [9.17, 15) is 39.0 Å². The van der Waals surface area contributed by atoms with E-state index in [0.29, 0.717) is 36.9 Å². The summed E-state index contributed by atoms with van der Waals surface area (Å²) in [6.07, 6.45) is 2.28. The number of H-pyrrole nitrogens is 1. The summed E-state index contributed by atoms with van der Waals surface area (Å²) in [6, 6.07) is 7.35. The number of primary amides is 1. The number of phenols is 1. The van der Waals surface area contributed by atoms with Gasteiger partial charge in [0.05, 0.1) is 6.10 Å². The molecule has 0 radical (unpaired) electrons. The van der Waals surface area contributed by atoms with Crippen LogP contribution in [0.2, 0.25) is 0 Å². The fourth-order valence-electron chi connectivity index (χ4n) is 5.98. The minimum absolute atomic E-state index is 0.00402. The molecule has 2 heterocycles. The van der Waals surface area contributed by atoms with Crippen molar-refractivity contribution in [2.75, 3.05) is 18.1 Å². The molecule has 1 fully saturated rings. The minimum atomic E-state index is -1.51. The molecule has 12 N–H and O–H groups in total. The molecule has 3 aromatic rings. The average Bonchev–Trinajstić information content (AvgIpc) is 3.56. The van der Waals surface area contributed by atoms with E-state index in [0.717, 1.165) is 10.9 Å². The van der Waals surface area contributed by atoms with Crippen LogP contribution < -0.4 is 38.1 Å². The Morgan fingerprint density at radius 2 is 1.49 bits per heavy atom. The third kappa shape index (κ3) is 13.2. The molecule has 2 aromatic carbocycles. The van der Waals surface area contributed by atoms with Gasteiger partial charge < -0.3 is 53.2 Å². The molecule has 1 aromatic heterocycles. The summed E-state index contributed by atoms with van der Waals surface area (Å²) in [5.74, 6) is -3.96. The number of aromatic nitrogens is 1. The number of rotatable bonds is 11. The number of aromatic amines is 1. The Kier molecular flexibility index (Phi) is 16.7. The summed E-state index contributed by atoms with van der Waals surface area (Å²) in [4.78, 5) is 84.2. The molecule has 1 aliphatic rings. The third-order valence-corrected chi connectivity index (χ3v) is 11.5. The quantitative estimate of drug-likeness (QED) is 0.0928. The molecule has 298 valence electrons. The summed E-state index contributed by atoms with van der Waals surface area (Å²) in [5, 5.41) is 34.6. The molecule has 0 unspecified atom stereocenters. The Morgan fingerprint density at radius 3 is 2.18 bits per heavy atom. The van der Waals surface area contributed by atoms with Crippen LogP contribution in [0.1, 0.15) is 50.2 Å². The molecule has 18 heteroatoms. The number of benzene rings is 2. The third-order valence-electron chi connectivity index (χ3n) is 9.04. The summed E-state index contributed by atoms with van der Waals surface area (Å²) < 4.78 is 0. The van der Waals surface area contributed by atoms with Gasteiger partial charge in [-0.05, 0) is 55.6 Å². The first-order valence-corrected chi connectivity index (χ1v) is 20.6. The molecule has 6 amide bonds. The molecule has 0 aliphatic carbocycles. The predicted octanol–water partition coefficient (Wildman–Crippen LogP) is 0.253. The van der Waals surface area contributed by atoms with Crippen LogP contribution in [0.3, 0.4) is 0 Å². The lowest BCUT2D eigenvalue weighted by Gasteiger charge is -2.28. The standard InChI is InChI=1S/C37H50N8O8S2/c1-21(46)32-37(53)44-30(33(39)49)20-55-54-16-14-31(48)41-28(17-22-10-12-24(47)13-11-22)35(51)43-29(18-23-19-40-26-8-5-4-7-25(23)26)36(52)42-27(34(50)45-32)9-3-2-6-15-38/h4-5,7-8,10-13,19,21,27-30,32,40,46-47H,2-3,6,9,14-18,20,38H2,1H3,(H2,39,49)(H,41,48)(H,42,52)(H,43,51)(H,44,53)(H,45,50)/t21-,27+,28+,29-,30+,32+/m1/s1. The monoisotopic (exact) mass is 798 g/mol. The number of nitrogens with two attached hydrogens (primary N) is 2. The van der Waals surface area contributed by atoms with Crippen LogP contribution in [0.15, 0.2) is 54.7 Å². The molecule has 6 atom stereocenters. The number of aromatic hydroxyl groups is 1. The number of aliphatic hydroxyl groups is 1. The first-order valence-electron chi connectivity index (χ1n) is 18.1. The number of hydrogen-bond acceptors (Lipinski definition) is 11. The second-order valence-electron chi connectivity index (χ2n) is 13.4. The highest BCUT2D eigenvalue weighted by Gasteiger charge is 2.34. The van der Waals surface area contributed by atoms with Crippen molar-refractivity contribution in [2.45, 2.75) is 88.2 Å². The first kappa shape index (κ1) is 43.0. The van der Waals surface area contributed by atoms with Crippen molar-refractivity contribution in [1.82, 2.24) is 31.6 Å². The SMILES string of the molecule is C[C@@H](O)[C@@H]1NC(=O)[C@H](CCCCCN)NC(=O)[C@@H](Cc2c[nH]c3ccccc23)NC(=O)[C@H](Cc2ccc(O)cc2)NC(=O)CCSSC[C@@H](C(N)=O)NC1=O. The maximum absolute atomic E-state index is 14.3. The van der Waals surface area contributed by atoms with Crippen LogP contribution in [0.5, 0.6) is 5.75 Å². The molecule has 1 aliphatic heterocycles. The van der Waals surface area contributed by atoms with Crippen molar-refractivity contribution in [3.63, 3.8) is 0 Å². The molecule has 55 heavy (non-hydrogen) atoms. The highest BCUT2D eigenvalue weighted by molar-refractivity contribution is 8.76. The maximum atomic E-state index is 14.3. The number of carbonyl (C=O) groups excluding carboxylic acids is 6. The molecular formula is C37H50N8O8S2. The Hall–Kier alpha value is -4.78. The van der Waals surface area contributed by atoms with Crippen LogP contribution in [0.25, 0.3) is 10.9 Å². The number of amides is 6. The summed E-state index contributed by atoms with van der Waals surface area (Å²) in [5.41, 5.74) is 13.4. The van der Waals surface area contributed by atoms with Gasteiger partial charge >= 0.3 is 0 Å². The van der Waals surface area contributed by atoms with E-state index in [1.807, 2.05) is 24.3 Å². The van der Waals surface area contributed by atoms with Crippen molar-refractivity contribution in [2.24, 2.45) is 11.5 Å². The van der Waals surface area contributed by atoms with Gasteiger partial charge in [-0.1, -0.05) is 64.8 Å². The topological polar surface area (TPSA) is 271 Å². The van der Waals surface area contributed by atoms with Crippen molar-refractivity contribution < 1.29 is 39.0 Å². The van der Waals surface area contributed by atoms with Gasteiger partial charge in [-0.15, -0.1) is 0 Å². The Bertz CT molecular complexity index is 1790. The lowest BCUT2D eigenvalue weighted by Crippen LogP contribution is -2.61. The Balaban J connectivity index is 1.71. The van der Waals surface area contributed by atoms with E-state index in [1.165, 1.54) is 40.6 Å². The van der Waals surface area contributed by atoms with E-state index < -0.39 is 71.8 Å². The first-order chi connectivity index (χ1) is 26.4. The number of phenolic OH excluding ortho intramolecular Hbond substituents is 1. The second kappa shape index (κ2) is 21.3. The summed E-state index contributed by atoms with van der Waals surface area (Å²) >= 11 is 0. The van der Waals surface area contributed by atoms with E-state index in [4.69, 9.17) is 11.5 Å².